The molecule has 0 saturated carbocycles. The molecule has 0 aliphatic carbocycles. The van der Waals surface area contributed by atoms with Crippen LogP contribution in [0.15, 0.2) is 22.9 Å². The van der Waals surface area contributed by atoms with Crippen molar-refractivity contribution in [3.8, 4) is 0 Å². The van der Waals surface area contributed by atoms with E-state index in [0.29, 0.717) is 5.56 Å². The number of nitrogens with zero attached hydrogens (tertiary/aromatic N) is 2. The Balaban J connectivity index is 2.95. The summed E-state index contributed by atoms with van der Waals surface area (Å²) in [5.74, 6) is 0.0527. The largest absolute Gasteiger partial charge is 0.335 e. The van der Waals surface area contributed by atoms with Crippen LogP contribution in [0.1, 0.15) is 37.0 Å². The first-order valence-electron chi connectivity index (χ1n) is 6.11. The van der Waals surface area contributed by atoms with E-state index in [0.717, 1.165) is 29.2 Å². The summed E-state index contributed by atoms with van der Waals surface area (Å²) in [6, 6.07) is 2.10. The van der Waals surface area contributed by atoms with Gasteiger partial charge in [-0.15, -0.1) is 0 Å². The SMILES string of the molecule is CCC(CC)N(CCBr)C(=O)c1cncc(Br)c1. The van der Waals surface area contributed by atoms with Crippen molar-refractivity contribution in [2.45, 2.75) is 32.7 Å². The van der Waals surface area contributed by atoms with Gasteiger partial charge in [0.1, 0.15) is 0 Å². The minimum Gasteiger partial charge on any atom is -0.335 e. The zero-order valence-electron chi connectivity index (χ0n) is 10.7. The van der Waals surface area contributed by atoms with E-state index in [9.17, 15) is 4.79 Å². The van der Waals surface area contributed by atoms with Gasteiger partial charge in [0.05, 0.1) is 5.56 Å². The molecule has 0 aromatic carbocycles. The van der Waals surface area contributed by atoms with Crippen LogP contribution in [0.3, 0.4) is 0 Å². The summed E-state index contributed by atoms with van der Waals surface area (Å²) < 4.78 is 0.830. The number of hydrogen-bond acceptors (Lipinski definition) is 2. The number of rotatable bonds is 6. The quantitative estimate of drug-likeness (QED) is 0.705. The van der Waals surface area contributed by atoms with Crippen molar-refractivity contribution in [3.05, 3.63) is 28.5 Å². The average Bonchev–Trinajstić information content (AvgIpc) is 2.38. The molecule has 3 nitrogen and oxygen atoms in total. The van der Waals surface area contributed by atoms with Crippen LogP contribution >= 0.6 is 31.9 Å². The zero-order valence-corrected chi connectivity index (χ0v) is 13.9. The van der Waals surface area contributed by atoms with Gasteiger partial charge < -0.3 is 4.90 Å². The summed E-state index contributed by atoms with van der Waals surface area (Å²) in [4.78, 5) is 18.5. The zero-order chi connectivity index (χ0) is 13.5. The molecule has 100 valence electrons. The van der Waals surface area contributed by atoms with Crippen LogP contribution in [-0.2, 0) is 0 Å². The molecule has 0 fully saturated rings. The fraction of sp³-hybridized carbons (Fsp3) is 0.538. The Morgan fingerprint density at radius 1 is 1.39 bits per heavy atom. The van der Waals surface area contributed by atoms with Gasteiger partial charge in [-0.25, -0.2) is 0 Å². The van der Waals surface area contributed by atoms with Crippen molar-refractivity contribution in [1.29, 1.82) is 0 Å². The number of hydrogen-bond donors (Lipinski definition) is 0. The van der Waals surface area contributed by atoms with Gasteiger partial charge in [0.15, 0.2) is 0 Å². The maximum Gasteiger partial charge on any atom is 0.255 e. The van der Waals surface area contributed by atoms with Crippen molar-refractivity contribution in [2.24, 2.45) is 0 Å². The Morgan fingerprint density at radius 3 is 2.56 bits per heavy atom. The highest BCUT2D eigenvalue weighted by atomic mass is 79.9. The van der Waals surface area contributed by atoms with E-state index in [1.165, 1.54) is 0 Å². The molecule has 1 aromatic rings. The minimum absolute atomic E-state index is 0.0527. The lowest BCUT2D eigenvalue weighted by Gasteiger charge is -2.30. The van der Waals surface area contributed by atoms with Crippen LogP contribution in [0.25, 0.3) is 0 Å². The molecule has 0 N–H and O–H groups in total. The molecule has 0 aliphatic heterocycles. The van der Waals surface area contributed by atoms with Gasteiger partial charge in [0.25, 0.3) is 5.91 Å². The number of alkyl halides is 1. The first-order chi connectivity index (χ1) is 8.63. The number of carbonyl (C=O) groups is 1. The maximum absolute atomic E-state index is 12.5. The first-order valence-corrected chi connectivity index (χ1v) is 8.02. The standard InChI is InChI=1S/C13H18Br2N2O/c1-3-12(4-2)17(6-5-14)13(18)10-7-11(15)9-16-8-10/h7-9,12H,3-6H2,1-2H3. The van der Waals surface area contributed by atoms with Gasteiger partial charge in [0, 0.05) is 34.8 Å². The van der Waals surface area contributed by atoms with Gasteiger partial charge in [-0.2, -0.15) is 0 Å². The van der Waals surface area contributed by atoms with Crippen LogP contribution in [0.2, 0.25) is 0 Å². The second kappa shape index (κ2) is 7.89. The minimum atomic E-state index is 0.0527. The summed E-state index contributed by atoms with van der Waals surface area (Å²) in [7, 11) is 0. The molecule has 18 heavy (non-hydrogen) atoms. The topological polar surface area (TPSA) is 33.2 Å². The van der Waals surface area contributed by atoms with Gasteiger partial charge in [0.2, 0.25) is 0 Å². The molecule has 0 saturated heterocycles. The maximum atomic E-state index is 12.5. The molecule has 1 aromatic heterocycles. The van der Waals surface area contributed by atoms with Gasteiger partial charge in [-0.1, -0.05) is 29.8 Å². The Labute approximate surface area is 125 Å². The lowest BCUT2D eigenvalue weighted by molar-refractivity contribution is 0.0682. The Kier molecular flexibility index (Phi) is 6.86. The van der Waals surface area contributed by atoms with Crippen LogP contribution < -0.4 is 0 Å². The van der Waals surface area contributed by atoms with Crippen LogP contribution in [0.5, 0.6) is 0 Å². The molecule has 0 atom stereocenters. The lowest BCUT2D eigenvalue weighted by atomic mass is 10.1. The number of pyridine rings is 1. The Hall–Kier alpha value is -0.420. The third kappa shape index (κ3) is 4.05. The fourth-order valence-electron chi connectivity index (χ4n) is 1.97. The molecule has 1 amide bonds. The van der Waals surface area contributed by atoms with Crippen molar-refractivity contribution < 1.29 is 4.79 Å². The normalized spacial score (nSPS) is 10.7. The van der Waals surface area contributed by atoms with Crippen LogP contribution in [-0.4, -0.2) is 33.7 Å². The van der Waals surface area contributed by atoms with Crippen molar-refractivity contribution in [3.63, 3.8) is 0 Å². The van der Waals surface area contributed by atoms with E-state index < -0.39 is 0 Å². The number of halogens is 2. The number of aromatic nitrogens is 1. The summed E-state index contributed by atoms with van der Waals surface area (Å²) in [6.45, 7) is 4.95. The van der Waals surface area contributed by atoms with Gasteiger partial charge in [-0.3, -0.25) is 9.78 Å². The molecule has 1 heterocycles. The highest BCUT2D eigenvalue weighted by Gasteiger charge is 2.22. The van der Waals surface area contributed by atoms with E-state index in [-0.39, 0.29) is 11.9 Å². The van der Waals surface area contributed by atoms with Crippen LogP contribution in [0, 0.1) is 0 Å². The molecule has 1 rings (SSSR count). The molecule has 5 heteroatoms. The highest BCUT2D eigenvalue weighted by molar-refractivity contribution is 9.10. The summed E-state index contributed by atoms with van der Waals surface area (Å²) in [6.07, 6.45) is 5.24. The predicted molar refractivity (Wildman–Crippen MR) is 81.1 cm³/mol. The monoisotopic (exact) mass is 376 g/mol. The summed E-state index contributed by atoms with van der Waals surface area (Å²) >= 11 is 6.76. The smallest absolute Gasteiger partial charge is 0.255 e. The molecular formula is C13H18Br2N2O. The molecule has 0 aliphatic rings. The third-order valence-corrected chi connectivity index (χ3v) is 3.71. The summed E-state index contributed by atoms with van der Waals surface area (Å²) in [5.41, 5.74) is 0.636. The van der Waals surface area contributed by atoms with E-state index in [2.05, 4.69) is 50.7 Å². The van der Waals surface area contributed by atoms with Gasteiger partial charge >= 0.3 is 0 Å². The van der Waals surface area contributed by atoms with Crippen molar-refractivity contribution in [1.82, 2.24) is 9.88 Å². The second-order valence-electron chi connectivity index (χ2n) is 4.05. The molecule has 0 radical (unpaired) electrons. The van der Waals surface area contributed by atoms with Gasteiger partial charge in [-0.05, 0) is 34.8 Å². The van der Waals surface area contributed by atoms with Crippen molar-refractivity contribution in [2.75, 3.05) is 11.9 Å². The number of carbonyl (C=O) groups excluding carboxylic acids is 1. The van der Waals surface area contributed by atoms with E-state index >= 15 is 0 Å². The lowest BCUT2D eigenvalue weighted by Crippen LogP contribution is -2.41. The highest BCUT2D eigenvalue weighted by Crippen LogP contribution is 2.16. The average molecular weight is 378 g/mol. The predicted octanol–water partition coefficient (Wildman–Crippen LogP) is 3.87. The third-order valence-electron chi connectivity index (χ3n) is 2.92. The van der Waals surface area contributed by atoms with E-state index in [4.69, 9.17) is 0 Å². The fourth-order valence-corrected chi connectivity index (χ4v) is 2.71. The Morgan fingerprint density at radius 2 is 2.06 bits per heavy atom. The molecule has 0 bridgehead atoms. The van der Waals surface area contributed by atoms with Crippen LogP contribution in [0.4, 0.5) is 0 Å². The second-order valence-corrected chi connectivity index (χ2v) is 5.76. The summed E-state index contributed by atoms with van der Waals surface area (Å²) in [5, 5.41) is 0.788. The first kappa shape index (κ1) is 15.6. The van der Waals surface area contributed by atoms with Crippen molar-refractivity contribution >= 4 is 37.8 Å². The molecular weight excluding hydrogens is 360 g/mol. The molecule has 0 unspecified atom stereocenters. The van der Waals surface area contributed by atoms with E-state index in [1.54, 1.807) is 12.4 Å². The molecule has 0 spiro atoms. The van der Waals surface area contributed by atoms with E-state index in [1.807, 2.05) is 11.0 Å². The number of amides is 1. The Bertz CT molecular complexity index is 394.